The van der Waals surface area contributed by atoms with Crippen molar-refractivity contribution in [3.63, 3.8) is 0 Å². The van der Waals surface area contributed by atoms with E-state index < -0.39 is 5.41 Å². The molecule has 18 heavy (non-hydrogen) atoms. The van der Waals surface area contributed by atoms with Crippen molar-refractivity contribution in [1.82, 2.24) is 0 Å². The van der Waals surface area contributed by atoms with Crippen LogP contribution in [0.1, 0.15) is 42.0 Å². The summed E-state index contributed by atoms with van der Waals surface area (Å²) in [6.07, 6.45) is 2.70. The van der Waals surface area contributed by atoms with Gasteiger partial charge < -0.3 is 10.5 Å². The highest BCUT2D eigenvalue weighted by molar-refractivity contribution is 5.79. The maximum atomic E-state index is 12.0. The predicted molar refractivity (Wildman–Crippen MR) is 71.1 cm³/mol. The Bertz CT molecular complexity index is 464. The first-order valence-corrected chi connectivity index (χ1v) is 6.42. The highest BCUT2D eigenvalue weighted by Gasteiger charge is 2.50. The van der Waals surface area contributed by atoms with Crippen LogP contribution in [0, 0.1) is 19.3 Å². The summed E-state index contributed by atoms with van der Waals surface area (Å²) in [6.45, 7) is 4.08. The van der Waals surface area contributed by atoms with Crippen molar-refractivity contribution in [2.75, 3.05) is 7.11 Å². The van der Waals surface area contributed by atoms with Crippen LogP contribution in [0.5, 0.6) is 0 Å². The largest absolute Gasteiger partial charge is 0.469 e. The zero-order chi connectivity index (χ0) is 13.3. The summed E-state index contributed by atoms with van der Waals surface area (Å²) < 4.78 is 4.95. The number of aryl methyl sites for hydroxylation is 2. The number of carbonyl (C=O) groups is 1. The van der Waals surface area contributed by atoms with Crippen molar-refractivity contribution in [3.8, 4) is 0 Å². The molecule has 0 amide bonds. The average Bonchev–Trinajstić information content (AvgIpc) is 2.30. The molecule has 3 nitrogen and oxygen atoms in total. The number of esters is 1. The third-order valence-electron chi connectivity index (χ3n) is 4.20. The Kier molecular flexibility index (Phi) is 3.44. The van der Waals surface area contributed by atoms with E-state index in [0.29, 0.717) is 0 Å². The molecule has 2 N–H and O–H groups in total. The number of methoxy groups -OCH3 is 1. The summed E-state index contributed by atoms with van der Waals surface area (Å²) in [6, 6.07) is 5.95. The third kappa shape index (κ3) is 1.93. The molecule has 1 fully saturated rings. The normalized spacial score (nSPS) is 18.9. The van der Waals surface area contributed by atoms with Crippen molar-refractivity contribution < 1.29 is 9.53 Å². The van der Waals surface area contributed by atoms with Crippen LogP contribution in [0.2, 0.25) is 0 Å². The van der Waals surface area contributed by atoms with Crippen molar-refractivity contribution in [2.24, 2.45) is 11.1 Å². The van der Waals surface area contributed by atoms with Crippen molar-refractivity contribution in [3.05, 3.63) is 34.9 Å². The Labute approximate surface area is 108 Å². The molecule has 0 spiro atoms. The molecule has 2 rings (SSSR count). The first-order chi connectivity index (χ1) is 8.51. The van der Waals surface area contributed by atoms with Crippen LogP contribution in [0.4, 0.5) is 0 Å². The monoisotopic (exact) mass is 247 g/mol. The number of nitrogens with two attached hydrogens (primary N) is 1. The second kappa shape index (κ2) is 4.73. The molecule has 1 aliphatic rings. The standard InChI is InChI=1S/C15H21NO2/c1-10-5-6-11(2)12(9-10)13(16)15(7-4-8-15)14(17)18-3/h5-6,9,13H,4,7-8,16H2,1-3H3. The number of rotatable bonds is 3. The highest BCUT2D eigenvalue weighted by Crippen LogP contribution is 2.50. The Morgan fingerprint density at radius 1 is 1.39 bits per heavy atom. The molecule has 1 aromatic carbocycles. The zero-order valence-corrected chi connectivity index (χ0v) is 11.3. The van der Waals surface area contributed by atoms with E-state index >= 15 is 0 Å². The van der Waals surface area contributed by atoms with Gasteiger partial charge in [-0.05, 0) is 37.8 Å². The third-order valence-corrected chi connectivity index (χ3v) is 4.20. The van der Waals surface area contributed by atoms with Gasteiger partial charge in [0.05, 0.1) is 12.5 Å². The van der Waals surface area contributed by atoms with E-state index in [9.17, 15) is 4.79 Å². The number of hydrogen-bond donors (Lipinski definition) is 1. The molecule has 0 aliphatic heterocycles. The van der Waals surface area contributed by atoms with Gasteiger partial charge in [-0.1, -0.05) is 30.2 Å². The van der Waals surface area contributed by atoms with Gasteiger partial charge >= 0.3 is 5.97 Å². The van der Waals surface area contributed by atoms with Crippen molar-refractivity contribution >= 4 is 5.97 Å². The molecular weight excluding hydrogens is 226 g/mol. The molecule has 1 aromatic rings. The molecule has 98 valence electrons. The molecular formula is C15H21NO2. The summed E-state index contributed by atoms with van der Waals surface area (Å²) in [5.74, 6) is -0.165. The van der Waals surface area contributed by atoms with E-state index in [1.165, 1.54) is 12.7 Å². The van der Waals surface area contributed by atoms with Crippen LogP contribution >= 0.6 is 0 Å². The minimum Gasteiger partial charge on any atom is -0.469 e. The maximum Gasteiger partial charge on any atom is 0.313 e. The lowest BCUT2D eigenvalue weighted by Gasteiger charge is -2.44. The lowest BCUT2D eigenvalue weighted by Crippen LogP contribution is -2.47. The van der Waals surface area contributed by atoms with Crippen LogP contribution in [-0.2, 0) is 9.53 Å². The van der Waals surface area contributed by atoms with Gasteiger partial charge in [0.15, 0.2) is 0 Å². The molecule has 1 saturated carbocycles. The molecule has 1 aliphatic carbocycles. The van der Waals surface area contributed by atoms with Crippen LogP contribution in [-0.4, -0.2) is 13.1 Å². The van der Waals surface area contributed by atoms with E-state index in [-0.39, 0.29) is 12.0 Å². The van der Waals surface area contributed by atoms with E-state index in [0.717, 1.165) is 30.4 Å². The lowest BCUT2D eigenvalue weighted by atomic mass is 9.62. The fraction of sp³-hybridized carbons (Fsp3) is 0.533. The van der Waals surface area contributed by atoms with Gasteiger partial charge in [-0.25, -0.2) is 0 Å². The predicted octanol–water partition coefficient (Wildman–Crippen LogP) is 2.65. The second-order valence-corrected chi connectivity index (χ2v) is 5.34. The van der Waals surface area contributed by atoms with E-state index in [1.807, 2.05) is 13.8 Å². The van der Waals surface area contributed by atoms with E-state index in [1.54, 1.807) is 0 Å². The van der Waals surface area contributed by atoms with Gasteiger partial charge in [0.1, 0.15) is 0 Å². The molecule has 0 radical (unpaired) electrons. The molecule has 0 saturated heterocycles. The van der Waals surface area contributed by atoms with E-state index in [2.05, 4.69) is 18.2 Å². The number of hydrogen-bond acceptors (Lipinski definition) is 3. The van der Waals surface area contributed by atoms with Crippen LogP contribution in [0.15, 0.2) is 18.2 Å². The number of carbonyl (C=O) groups excluding carboxylic acids is 1. The molecule has 0 heterocycles. The van der Waals surface area contributed by atoms with Gasteiger partial charge in [0.2, 0.25) is 0 Å². The second-order valence-electron chi connectivity index (χ2n) is 5.34. The minimum absolute atomic E-state index is 0.165. The van der Waals surface area contributed by atoms with Gasteiger partial charge in [-0.3, -0.25) is 4.79 Å². The minimum atomic E-state index is -0.507. The topological polar surface area (TPSA) is 52.3 Å². The fourth-order valence-corrected chi connectivity index (χ4v) is 2.80. The van der Waals surface area contributed by atoms with Gasteiger partial charge in [0, 0.05) is 6.04 Å². The first kappa shape index (κ1) is 13.1. The first-order valence-electron chi connectivity index (χ1n) is 6.42. The summed E-state index contributed by atoms with van der Waals surface area (Å²) in [5.41, 5.74) is 9.26. The van der Waals surface area contributed by atoms with E-state index in [4.69, 9.17) is 10.5 Å². The van der Waals surface area contributed by atoms with Crippen LogP contribution in [0.3, 0.4) is 0 Å². The average molecular weight is 247 g/mol. The highest BCUT2D eigenvalue weighted by atomic mass is 16.5. The maximum absolute atomic E-state index is 12.0. The lowest BCUT2D eigenvalue weighted by molar-refractivity contribution is -0.160. The van der Waals surface area contributed by atoms with Crippen LogP contribution in [0.25, 0.3) is 0 Å². The molecule has 1 unspecified atom stereocenters. The smallest absolute Gasteiger partial charge is 0.313 e. The Balaban J connectivity index is 2.37. The van der Waals surface area contributed by atoms with Gasteiger partial charge in [0.25, 0.3) is 0 Å². The quantitative estimate of drug-likeness (QED) is 0.835. The number of ether oxygens (including phenoxy) is 1. The Morgan fingerprint density at radius 3 is 2.56 bits per heavy atom. The Morgan fingerprint density at radius 2 is 2.06 bits per heavy atom. The summed E-state index contributed by atoms with van der Waals surface area (Å²) in [7, 11) is 1.44. The summed E-state index contributed by atoms with van der Waals surface area (Å²) in [4.78, 5) is 12.0. The van der Waals surface area contributed by atoms with Crippen LogP contribution < -0.4 is 5.73 Å². The zero-order valence-electron chi connectivity index (χ0n) is 11.3. The SMILES string of the molecule is COC(=O)C1(C(N)c2cc(C)ccc2C)CCC1. The number of benzene rings is 1. The molecule has 1 atom stereocenters. The molecule has 3 heteroatoms. The van der Waals surface area contributed by atoms with Crippen molar-refractivity contribution in [1.29, 1.82) is 0 Å². The molecule has 0 bridgehead atoms. The fourth-order valence-electron chi connectivity index (χ4n) is 2.80. The van der Waals surface area contributed by atoms with Gasteiger partial charge in [-0.15, -0.1) is 0 Å². The summed E-state index contributed by atoms with van der Waals surface area (Å²) in [5, 5.41) is 0. The van der Waals surface area contributed by atoms with Gasteiger partial charge in [-0.2, -0.15) is 0 Å². The summed E-state index contributed by atoms with van der Waals surface area (Å²) >= 11 is 0. The molecule has 0 aromatic heterocycles. The van der Waals surface area contributed by atoms with Crippen molar-refractivity contribution in [2.45, 2.75) is 39.2 Å². The Hall–Kier alpha value is -1.35.